The average Bonchev–Trinajstić information content (AvgIpc) is 2.98. The van der Waals surface area contributed by atoms with Crippen LogP contribution < -0.4 is 9.64 Å². The molecule has 0 bridgehead atoms. The standard InChI is InChI=1S/C31H38F3N3O5/c1-35(2)23-9-13-26(14-10-23)42-25-11-7-21(8-12-25)28(41-20-31(32,33)34)29(38)36-17-15-24(16-18-36)37-27-6-4-3-5-22(27)19-40-30(37)39/h3-8,11-12,23-24,26,28H,9-10,13-20H2,1-2H3. The van der Waals surface area contributed by atoms with E-state index in [4.69, 9.17) is 14.2 Å². The van der Waals surface area contributed by atoms with Crippen LogP contribution in [0.2, 0.25) is 0 Å². The molecule has 2 aliphatic heterocycles. The monoisotopic (exact) mass is 589 g/mol. The summed E-state index contributed by atoms with van der Waals surface area (Å²) in [5.74, 6) is 0.0820. The summed E-state index contributed by atoms with van der Waals surface area (Å²) in [6.07, 6.45) is -1.48. The topological polar surface area (TPSA) is 71.6 Å². The van der Waals surface area contributed by atoms with Crippen LogP contribution in [0.25, 0.3) is 0 Å². The Hall–Kier alpha value is -3.31. The minimum Gasteiger partial charge on any atom is -0.490 e. The lowest BCUT2D eigenvalue weighted by Crippen LogP contribution is -2.51. The van der Waals surface area contributed by atoms with Crippen molar-refractivity contribution in [3.63, 3.8) is 0 Å². The largest absolute Gasteiger partial charge is 0.490 e. The Kier molecular flexibility index (Phi) is 9.27. The lowest BCUT2D eigenvalue weighted by molar-refractivity contribution is -0.191. The number of rotatable bonds is 8. The maximum Gasteiger partial charge on any atom is 0.414 e. The van der Waals surface area contributed by atoms with Crippen molar-refractivity contribution in [3.8, 4) is 5.75 Å². The van der Waals surface area contributed by atoms with Gasteiger partial charge in [-0.25, -0.2) is 4.79 Å². The van der Waals surface area contributed by atoms with Crippen molar-refractivity contribution in [2.75, 3.05) is 38.7 Å². The van der Waals surface area contributed by atoms with Crippen molar-refractivity contribution in [3.05, 3.63) is 59.7 Å². The number of likely N-dealkylation sites (tertiary alicyclic amines) is 1. The number of cyclic esters (lactones) is 1. The summed E-state index contributed by atoms with van der Waals surface area (Å²) in [6, 6.07) is 14.5. The number of hydrogen-bond acceptors (Lipinski definition) is 6. The van der Waals surface area contributed by atoms with E-state index in [1.165, 1.54) is 4.90 Å². The van der Waals surface area contributed by atoms with Crippen LogP contribution >= 0.6 is 0 Å². The van der Waals surface area contributed by atoms with Crippen molar-refractivity contribution < 1.29 is 37.0 Å². The van der Waals surface area contributed by atoms with Gasteiger partial charge in [0.1, 0.15) is 19.0 Å². The average molecular weight is 590 g/mol. The molecule has 0 aromatic heterocycles. The Morgan fingerprint density at radius 1 is 1.00 bits per heavy atom. The van der Waals surface area contributed by atoms with E-state index in [-0.39, 0.29) is 31.8 Å². The van der Waals surface area contributed by atoms with E-state index in [2.05, 4.69) is 19.0 Å². The fraction of sp³-hybridized carbons (Fsp3) is 0.548. The highest BCUT2D eigenvalue weighted by atomic mass is 19.4. The van der Waals surface area contributed by atoms with Gasteiger partial charge in [-0.15, -0.1) is 0 Å². The number of fused-ring (bicyclic) bond motifs is 1. The molecule has 1 saturated heterocycles. The number of piperidine rings is 1. The van der Waals surface area contributed by atoms with Crippen molar-refractivity contribution in [1.29, 1.82) is 0 Å². The number of benzene rings is 2. The summed E-state index contributed by atoms with van der Waals surface area (Å²) >= 11 is 0. The van der Waals surface area contributed by atoms with Crippen LogP contribution in [0.5, 0.6) is 5.75 Å². The number of ether oxygens (including phenoxy) is 3. The summed E-state index contributed by atoms with van der Waals surface area (Å²) in [6.45, 7) is -0.775. The van der Waals surface area contributed by atoms with Crippen molar-refractivity contribution in [1.82, 2.24) is 9.80 Å². The number of carbonyl (C=O) groups excluding carboxylic acids is 2. The predicted molar refractivity (Wildman–Crippen MR) is 150 cm³/mol. The van der Waals surface area contributed by atoms with Crippen LogP contribution in [-0.4, -0.2) is 80.0 Å². The lowest BCUT2D eigenvalue weighted by Gasteiger charge is -2.40. The van der Waals surface area contributed by atoms with Crippen molar-refractivity contribution in [2.45, 2.75) is 75.6 Å². The molecular weight excluding hydrogens is 551 g/mol. The van der Waals surface area contributed by atoms with Crippen LogP contribution in [0.4, 0.5) is 23.7 Å². The van der Waals surface area contributed by atoms with Gasteiger partial charge >= 0.3 is 12.3 Å². The van der Waals surface area contributed by atoms with E-state index >= 15 is 0 Å². The van der Waals surface area contributed by atoms with Gasteiger partial charge in [-0.2, -0.15) is 13.2 Å². The molecule has 1 atom stereocenters. The number of halogens is 3. The second-order valence-corrected chi connectivity index (χ2v) is 11.5. The molecule has 2 aromatic carbocycles. The van der Waals surface area contributed by atoms with Gasteiger partial charge in [0.05, 0.1) is 11.8 Å². The van der Waals surface area contributed by atoms with Crippen molar-refractivity contribution in [2.24, 2.45) is 0 Å². The van der Waals surface area contributed by atoms with Gasteiger partial charge in [0.25, 0.3) is 5.91 Å². The van der Waals surface area contributed by atoms with E-state index in [0.717, 1.165) is 36.9 Å². The van der Waals surface area contributed by atoms with E-state index in [1.807, 2.05) is 24.3 Å². The third kappa shape index (κ3) is 7.18. The Balaban J connectivity index is 1.23. The van der Waals surface area contributed by atoms with Gasteiger partial charge in [0.15, 0.2) is 6.10 Å². The molecule has 5 rings (SSSR count). The third-order valence-corrected chi connectivity index (χ3v) is 8.44. The molecule has 0 radical (unpaired) electrons. The Morgan fingerprint density at radius 2 is 1.67 bits per heavy atom. The molecular formula is C31H38F3N3O5. The van der Waals surface area contributed by atoms with Crippen molar-refractivity contribution >= 4 is 17.7 Å². The molecule has 1 unspecified atom stereocenters. The molecule has 8 nitrogen and oxygen atoms in total. The molecule has 2 fully saturated rings. The molecule has 0 N–H and O–H groups in total. The Bertz CT molecular complexity index is 1220. The fourth-order valence-electron chi connectivity index (χ4n) is 6.11. The maximum atomic E-state index is 13.5. The Morgan fingerprint density at radius 3 is 2.31 bits per heavy atom. The number of para-hydroxylation sites is 1. The summed E-state index contributed by atoms with van der Waals surface area (Å²) in [4.78, 5) is 31.5. The van der Waals surface area contributed by atoms with Crippen LogP contribution in [0, 0.1) is 0 Å². The molecule has 0 spiro atoms. The second-order valence-electron chi connectivity index (χ2n) is 11.5. The van der Waals surface area contributed by atoms with Gasteiger partial charge in [-0.1, -0.05) is 30.3 Å². The summed E-state index contributed by atoms with van der Waals surface area (Å²) in [5, 5.41) is 0. The molecule has 3 aliphatic rings. The number of alkyl halides is 3. The normalized spacial score (nSPS) is 22.5. The van der Waals surface area contributed by atoms with Crippen LogP contribution in [0.15, 0.2) is 48.5 Å². The van der Waals surface area contributed by atoms with Gasteiger partial charge in [-0.05, 0) is 76.4 Å². The quantitative estimate of drug-likeness (QED) is 0.393. The van der Waals surface area contributed by atoms with E-state index < -0.39 is 30.9 Å². The first-order valence-corrected chi connectivity index (χ1v) is 14.5. The lowest BCUT2D eigenvalue weighted by atomic mass is 9.92. The number of anilines is 1. The highest BCUT2D eigenvalue weighted by molar-refractivity contribution is 5.91. The second kappa shape index (κ2) is 12.9. The zero-order chi connectivity index (χ0) is 29.9. The first kappa shape index (κ1) is 30.2. The molecule has 11 heteroatoms. The molecule has 42 heavy (non-hydrogen) atoms. The summed E-state index contributed by atoms with van der Waals surface area (Å²) in [7, 11) is 4.16. The number of nitrogens with zero attached hydrogens (tertiary/aromatic N) is 3. The minimum atomic E-state index is -4.58. The van der Waals surface area contributed by atoms with Crippen LogP contribution in [-0.2, 0) is 20.9 Å². The Labute approximate surface area is 244 Å². The SMILES string of the molecule is CN(C)C1CCC(Oc2ccc(C(OCC(F)(F)F)C(=O)N3CCC(N4C(=O)OCc5ccccc54)CC3)cc2)CC1. The first-order valence-electron chi connectivity index (χ1n) is 14.5. The minimum absolute atomic E-state index is 0.0800. The molecule has 228 valence electrons. The summed E-state index contributed by atoms with van der Waals surface area (Å²) in [5.41, 5.74) is 2.03. The number of amides is 2. The number of carbonyl (C=O) groups is 2. The van der Waals surface area contributed by atoms with E-state index in [1.54, 1.807) is 29.2 Å². The predicted octanol–water partition coefficient (Wildman–Crippen LogP) is 5.71. The van der Waals surface area contributed by atoms with Crippen LogP contribution in [0.3, 0.4) is 0 Å². The zero-order valence-electron chi connectivity index (χ0n) is 24.0. The van der Waals surface area contributed by atoms with Gasteiger partial charge in [0.2, 0.25) is 0 Å². The number of hydrogen-bond donors (Lipinski definition) is 0. The van der Waals surface area contributed by atoms with Gasteiger partial charge < -0.3 is 24.0 Å². The zero-order valence-corrected chi connectivity index (χ0v) is 24.0. The molecule has 2 heterocycles. The molecule has 1 saturated carbocycles. The molecule has 1 aliphatic carbocycles. The molecule has 2 amide bonds. The highest BCUT2D eigenvalue weighted by Crippen LogP contribution is 2.34. The fourth-order valence-corrected chi connectivity index (χ4v) is 6.11. The summed E-state index contributed by atoms with van der Waals surface area (Å²) < 4.78 is 56.1. The smallest absolute Gasteiger partial charge is 0.414 e. The van der Waals surface area contributed by atoms with Gasteiger partial charge in [-0.3, -0.25) is 9.69 Å². The molecule has 2 aromatic rings. The van der Waals surface area contributed by atoms with E-state index in [0.29, 0.717) is 30.2 Å². The van der Waals surface area contributed by atoms with Crippen LogP contribution in [0.1, 0.15) is 55.8 Å². The van der Waals surface area contributed by atoms with Gasteiger partial charge in [0, 0.05) is 30.7 Å². The highest BCUT2D eigenvalue weighted by Gasteiger charge is 2.38. The van der Waals surface area contributed by atoms with E-state index in [9.17, 15) is 22.8 Å². The third-order valence-electron chi connectivity index (χ3n) is 8.44. The maximum absolute atomic E-state index is 13.5. The first-order chi connectivity index (χ1) is 20.1.